The SMILES string of the molecule is Cc1ccc(OCCOc2c(Br)cc(Cl)cc2C=O)cc1C. The number of aryl methyl sites for hydroxylation is 2. The van der Waals surface area contributed by atoms with Gasteiger partial charge in [-0.05, 0) is 65.2 Å². The van der Waals surface area contributed by atoms with Gasteiger partial charge in [-0.25, -0.2) is 0 Å². The van der Waals surface area contributed by atoms with Gasteiger partial charge in [-0.1, -0.05) is 17.7 Å². The molecule has 0 saturated heterocycles. The molecule has 3 nitrogen and oxygen atoms in total. The molecule has 0 radical (unpaired) electrons. The maximum absolute atomic E-state index is 11.1. The second-order valence-corrected chi connectivity index (χ2v) is 6.16. The molecule has 2 aromatic carbocycles. The van der Waals surface area contributed by atoms with Crippen molar-refractivity contribution < 1.29 is 14.3 Å². The van der Waals surface area contributed by atoms with E-state index in [-0.39, 0.29) is 0 Å². The van der Waals surface area contributed by atoms with Crippen molar-refractivity contribution in [1.29, 1.82) is 0 Å². The third kappa shape index (κ3) is 4.24. The molecular weight excluding hydrogens is 368 g/mol. The summed E-state index contributed by atoms with van der Waals surface area (Å²) in [6.07, 6.45) is 0.718. The van der Waals surface area contributed by atoms with Crippen molar-refractivity contribution in [3.05, 3.63) is 56.5 Å². The summed E-state index contributed by atoms with van der Waals surface area (Å²) >= 11 is 9.24. The van der Waals surface area contributed by atoms with E-state index in [4.69, 9.17) is 21.1 Å². The highest BCUT2D eigenvalue weighted by molar-refractivity contribution is 9.10. The molecule has 5 heteroatoms. The third-order valence-electron chi connectivity index (χ3n) is 3.24. The van der Waals surface area contributed by atoms with Crippen LogP contribution in [0.3, 0.4) is 0 Å². The maximum atomic E-state index is 11.1. The average Bonchev–Trinajstić information content (AvgIpc) is 2.48. The molecule has 0 amide bonds. The number of rotatable bonds is 6. The summed E-state index contributed by atoms with van der Waals surface area (Å²) in [5, 5.41) is 0.479. The van der Waals surface area contributed by atoms with Gasteiger partial charge in [0.1, 0.15) is 24.7 Å². The monoisotopic (exact) mass is 382 g/mol. The Hall–Kier alpha value is -1.52. The molecule has 0 heterocycles. The molecule has 116 valence electrons. The van der Waals surface area contributed by atoms with E-state index in [0.717, 1.165) is 12.0 Å². The minimum atomic E-state index is 0.327. The van der Waals surface area contributed by atoms with Gasteiger partial charge in [-0.3, -0.25) is 4.79 Å². The van der Waals surface area contributed by atoms with E-state index in [1.165, 1.54) is 11.1 Å². The molecule has 0 saturated carbocycles. The van der Waals surface area contributed by atoms with Gasteiger partial charge in [0.2, 0.25) is 0 Å². The standard InChI is InChI=1S/C17H16BrClO3/c1-11-3-4-15(7-12(11)2)21-5-6-22-17-13(10-20)8-14(19)9-16(17)18/h3-4,7-10H,5-6H2,1-2H3. The number of carbonyl (C=O) groups excluding carboxylic acids is 1. The van der Waals surface area contributed by atoms with Crippen LogP contribution < -0.4 is 9.47 Å². The number of benzene rings is 2. The Balaban J connectivity index is 1.94. The average molecular weight is 384 g/mol. The van der Waals surface area contributed by atoms with Crippen LogP contribution in [0.2, 0.25) is 5.02 Å². The van der Waals surface area contributed by atoms with Crippen LogP contribution in [0.15, 0.2) is 34.8 Å². The van der Waals surface area contributed by atoms with Gasteiger partial charge < -0.3 is 9.47 Å². The molecule has 0 bridgehead atoms. The quantitative estimate of drug-likeness (QED) is 0.521. The molecule has 0 aliphatic carbocycles. The predicted octanol–water partition coefficient (Wildman–Crippen LogP) is 4.99. The summed E-state index contributed by atoms with van der Waals surface area (Å²) in [6, 6.07) is 9.19. The Kier molecular flexibility index (Phi) is 5.86. The number of hydrogen-bond donors (Lipinski definition) is 0. The van der Waals surface area contributed by atoms with Crippen molar-refractivity contribution in [2.75, 3.05) is 13.2 Å². The Morgan fingerprint density at radius 3 is 2.50 bits per heavy atom. The van der Waals surface area contributed by atoms with Crippen LogP contribution in [0.5, 0.6) is 11.5 Å². The Labute approximate surface area is 143 Å². The summed E-state index contributed by atoms with van der Waals surface area (Å²) < 4.78 is 11.9. The first-order chi connectivity index (χ1) is 10.5. The van der Waals surface area contributed by atoms with E-state index in [1.807, 2.05) is 25.1 Å². The van der Waals surface area contributed by atoms with Crippen molar-refractivity contribution in [3.8, 4) is 11.5 Å². The van der Waals surface area contributed by atoms with E-state index in [0.29, 0.717) is 34.0 Å². The van der Waals surface area contributed by atoms with E-state index >= 15 is 0 Å². The van der Waals surface area contributed by atoms with Gasteiger partial charge in [0.15, 0.2) is 6.29 Å². The van der Waals surface area contributed by atoms with Crippen LogP contribution >= 0.6 is 27.5 Å². The molecule has 0 N–H and O–H groups in total. The summed E-state index contributed by atoms with van der Waals surface area (Å²) in [7, 11) is 0. The van der Waals surface area contributed by atoms with E-state index in [1.54, 1.807) is 12.1 Å². The first-order valence-electron chi connectivity index (χ1n) is 6.78. The van der Waals surface area contributed by atoms with Crippen LogP contribution in [-0.4, -0.2) is 19.5 Å². The minimum Gasteiger partial charge on any atom is -0.490 e. The van der Waals surface area contributed by atoms with Crippen molar-refractivity contribution in [3.63, 3.8) is 0 Å². The van der Waals surface area contributed by atoms with Gasteiger partial charge in [0.05, 0.1) is 10.0 Å². The van der Waals surface area contributed by atoms with Crippen LogP contribution in [0.1, 0.15) is 21.5 Å². The van der Waals surface area contributed by atoms with Crippen molar-refractivity contribution in [2.45, 2.75) is 13.8 Å². The lowest BCUT2D eigenvalue weighted by Gasteiger charge is -2.12. The molecule has 22 heavy (non-hydrogen) atoms. The zero-order valence-corrected chi connectivity index (χ0v) is 14.7. The fourth-order valence-corrected chi connectivity index (χ4v) is 2.88. The highest BCUT2D eigenvalue weighted by Crippen LogP contribution is 2.31. The van der Waals surface area contributed by atoms with Gasteiger partial charge >= 0.3 is 0 Å². The second kappa shape index (κ2) is 7.65. The second-order valence-electron chi connectivity index (χ2n) is 4.87. The zero-order chi connectivity index (χ0) is 16.1. The number of hydrogen-bond acceptors (Lipinski definition) is 3. The van der Waals surface area contributed by atoms with Crippen LogP contribution in [0.25, 0.3) is 0 Å². The first-order valence-corrected chi connectivity index (χ1v) is 7.95. The number of halogens is 2. The van der Waals surface area contributed by atoms with Gasteiger partial charge in [-0.2, -0.15) is 0 Å². The van der Waals surface area contributed by atoms with Gasteiger partial charge in [0.25, 0.3) is 0 Å². The number of carbonyl (C=O) groups is 1. The summed E-state index contributed by atoms with van der Waals surface area (Å²) in [5.74, 6) is 1.28. The molecule has 0 aliphatic rings. The fourth-order valence-electron chi connectivity index (χ4n) is 1.93. The lowest BCUT2D eigenvalue weighted by Crippen LogP contribution is -2.10. The lowest BCUT2D eigenvalue weighted by atomic mass is 10.1. The van der Waals surface area contributed by atoms with Crippen LogP contribution in [0.4, 0.5) is 0 Å². The highest BCUT2D eigenvalue weighted by Gasteiger charge is 2.10. The van der Waals surface area contributed by atoms with Gasteiger partial charge in [0, 0.05) is 5.02 Å². The zero-order valence-electron chi connectivity index (χ0n) is 12.4. The summed E-state index contributed by atoms with van der Waals surface area (Å²) in [4.78, 5) is 11.1. The third-order valence-corrected chi connectivity index (χ3v) is 4.05. The van der Waals surface area contributed by atoms with E-state index in [9.17, 15) is 4.79 Å². The molecule has 0 aliphatic heterocycles. The summed E-state index contributed by atoms with van der Waals surface area (Å²) in [6.45, 7) is 4.81. The molecule has 0 fully saturated rings. The van der Waals surface area contributed by atoms with E-state index in [2.05, 4.69) is 22.9 Å². The topological polar surface area (TPSA) is 35.5 Å². The number of ether oxygens (including phenoxy) is 2. The lowest BCUT2D eigenvalue weighted by molar-refractivity contribution is 0.111. The van der Waals surface area contributed by atoms with E-state index < -0.39 is 0 Å². The van der Waals surface area contributed by atoms with Crippen LogP contribution in [-0.2, 0) is 0 Å². The fraction of sp³-hybridized carbons (Fsp3) is 0.235. The molecule has 0 spiro atoms. The largest absolute Gasteiger partial charge is 0.490 e. The molecule has 2 rings (SSSR count). The van der Waals surface area contributed by atoms with Crippen molar-refractivity contribution >= 4 is 33.8 Å². The smallest absolute Gasteiger partial charge is 0.153 e. The minimum absolute atomic E-state index is 0.327. The maximum Gasteiger partial charge on any atom is 0.153 e. The van der Waals surface area contributed by atoms with Gasteiger partial charge in [-0.15, -0.1) is 0 Å². The Morgan fingerprint density at radius 1 is 1.09 bits per heavy atom. The molecule has 0 aromatic heterocycles. The predicted molar refractivity (Wildman–Crippen MR) is 91.4 cm³/mol. The summed E-state index contributed by atoms with van der Waals surface area (Å²) in [5.41, 5.74) is 2.82. The Morgan fingerprint density at radius 2 is 1.82 bits per heavy atom. The molecule has 0 atom stereocenters. The molecule has 0 unspecified atom stereocenters. The normalized spacial score (nSPS) is 10.4. The van der Waals surface area contributed by atoms with Crippen molar-refractivity contribution in [2.24, 2.45) is 0 Å². The number of aldehydes is 1. The highest BCUT2D eigenvalue weighted by atomic mass is 79.9. The van der Waals surface area contributed by atoms with Crippen molar-refractivity contribution in [1.82, 2.24) is 0 Å². The van der Waals surface area contributed by atoms with Crippen LogP contribution in [0, 0.1) is 13.8 Å². The Bertz CT molecular complexity index is 686. The first kappa shape index (κ1) is 16.8. The molecular formula is C17H16BrClO3. The molecule has 2 aromatic rings.